The van der Waals surface area contributed by atoms with E-state index >= 15 is 0 Å². The van der Waals surface area contributed by atoms with Crippen LogP contribution in [0.2, 0.25) is 0 Å². The standard InChI is InChI=1S/C15H27NO4/c1-6-15(4,5)20-14(18)16-9-7-12(8-10-16)19-13(17)11(2)3/h11-12H,6-10H2,1-5H3. The Morgan fingerprint density at radius 1 is 1.25 bits per heavy atom. The maximum Gasteiger partial charge on any atom is 0.410 e. The number of likely N-dealkylation sites (tertiary alicyclic amines) is 1. The summed E-state index contributed by atoms with van der Waals surface area (Å²) < 4.78 is 10.8. The van der Waals surface area contributed by atoms with Crippen molar-refractivity contribution < 1.29 is 19.1 Å². The molecule has 5 nitrogen and oxygen atoms in total. The molecule has 0 atom stereocenters. The molecule has 0 aromatic carbocycles. The highest BCUT2D eigenvalue weighted by Crippen LogP contribution is 2.20. The van der Waals surface area contributed by atoms with Crippen LogP contribution < -0.4 is 0 Å². The Balaban J connectivity index is 2.38. The summed E-state index contributed by atoms with van der Waals surface area (Å²) in [5, 5.41) is 0. The number of amides is 1. The fourth-order valence-electron chi connectivity index (χ4n) is 1.83. The average molecular weight is 285 g/mol. The minimum atomic E-state index is -0.432. The molecule has 0 aromatic rings. The van der Waals surface area contributed by atoms with Crippen molar-refractivity contribution in [2.45, 2.75) is 65.6 Å². The van der Waals surface area contributed by atoms with Gasteiger partial charge in [0.25, 0.3) is 0 Å². The van der Waals surface area contributed by atoms with Crippen molar-refractivity contribution in [1.82, 2.24) is 4.90 Å². The van der Waals surface area contributed by atoms with Gasteiger partial charge >= 0.3 is 12.1 Å². The number of nitrogens with zero attached hydrogens (tertiary/aromatic N) is 1. The van der Waals surface area contributed by atoms with Crippen LogP contribution in [-0.4, -0.2) is 41.8 Å². The number of hydrogen-bond donors (Lipinski definition) is 0. The normalized spacial score (nSPS) is 17.2. The first-order valence-corrected chi connectivity index (χ1v) is 7.43. The Morgan fingerprint density at radius 3 is 2.25 bits per heavy atom. The molecule has 0 saturated carbocycles. The van der Waals surface area contributed by atoms with Gasteiger partial charge in [0.1, 0.15) is 11.7 Å². The number of ether oxygens (including phenoxy) is 2. The van der Waals surface area contributed by atoms with E-state index in [4.69, 9.17) is 9.47 Å². The monoisotopic (exact) mass is 285 g/mol. The van der Waals surface area contributed by atoms with Gasteiger partial charge in [-0.3, -0.25) is 4.79 Å². The van der Waals surface area contributed by atoms with Crippen LogP contribution in [0.3, 0.4) is 0 Å². The quantitative estimate of drug-likeness (QED) is 0.745. The lowest BCUT2D eigenvalue weighted by molar-refractivity contribution is -0.154. The molecule has 1 fully saturated rings. The molecule has 5 heteroatoms. The first-order chi connectivity index (χ1) is 9.25. The third-order valence-corrected chi connectivity index (χ3v) is 3.67. The molecule has 0 N–H and O–H groups in total. The van der Waals surface area contributed by atoms with Gasteiger partial charge in [0.2, 0.25) is 0 Å². The van der Waals surface area contributed by atoms with Crippen LogP contribution >= 0.6 is 0 Å². The molecular weight excluding hydrogens is 258 g/mol. The molecule has 1 heterocycles. The maximum atomic E-state index is 12.0. The summed E-state index contributed by atoms with van der Waals surface area (Å²) in [6.45, 7) is 10.6. The molecule has 1 aliphatic rings. The summed E-state index contributed by atoms with van der Waals surface area (Å²) in [7, 11) is 0. The van der Waals surface area contributed by atoms with Gasteiger partial charge in [0, 0.05) is 25.9 Å². The van der Waals surface area contributed by atoms with Crippen LogP contribution in [0.25, 0.3) is 0 Å². The van der Waals surface area contributed by atoms with Gasteiger partial charge in [-0.1, -0.05) is 20.8 Å². The number of carbonyl (C=O) groups excluding carboxylic acids is 2. The molecule has 0 radical (unpaired) electrons. The summed E-state index contributed by atoms with van der Waals surface area (Å²) in [5.41, 5.74) is -0.432. The van der Waals surface area contributed by atoms with Gasteiger partial charge in [-0.2, -0.15) is 0 Å². The average Bonchev–Trinajstić information content (AvgIpc) is 2.38. The molecule has 1 saturated heterocycles. The number of esters is 1. The summed E-state index contributed by atoms with van der Waals surface area (Å²) >= 11 is 0. The number of hydrogen-bond acceptors (Lipinski definition) is 4. The van der Waals surface area contributed by atoms with E-state index in [9.17, 15) is 9.59 Å². The number of carbonyl (C=O) groups is 2. The van der Waals surface area contributed by atoms with Crippen LogP contribution in [0.1, 0.15) is 53.9 Å². The van der Waals surface area contributed by atoms with Crippen LogP contribution in [-0.2, 0) is 14.3 Å². The molecule has 0 aromatic heterocycles. The lowest BCUT2D eigenvalue weighted by Gasteiger charge is -2.34. The molecular formula is C15H27NO4. The van der Waals surface area contributed by atoms with E-state index in [0.29, 0.717) is 25.9 Å². The smallest absolute Gasteiger partial charge is 0.410 e. The zero-order valence-corrected chi connectivity index (χ0v) is 13.3. The van der Waals surface area contributed by atoms with E-state index in [1.54, 1.807) is 4.90 Å². The second-order valence-corrected chi connectivity index (χ2v) is 6.26. The van der Waals surface area contributed by atoms with Gasteiger partial charge in [-0.25, -0.2) is 4.79 Å². The molecule has 1 amide bonds. The van der Waals surface area contributed by atoms with E-state index in [1.165, 1.54) is 0 Å². The summed E-state index contributed by atoms with van der Waals surface area (Å²) in [6, 6.07) is 0. The largest absolute Gasteiger partial charge is 0.462 e. The van der Waals surface area contributed by atoms with E-state index in [-0.39, 0.29) is 24.1 Å². The van der Waals surface area contributed by atoms with Crippen LogP contribution in [0.15, 0.2) is 0 Å². The fraction of sp³-hybridized carbons (Fsp3) is 0.867. The fourth-order valence-corrected chi connectivity index (χ4v) is 1.83. The second kappa shape index (κ2) is 6.95. The van der Waals surface area contributed by atoms with Gasteiger partial charge in [-0.15, -0.1) is 0 Å². The van der Waals surface area contributed by atoms with E-state index in [2.05, 4.69) is 0 Å². The summed E-state index contributed by atoms with van der Waals surface area (Å²) in [6.07, 6.45) is 1.79. The minimum Gasteiger partial charge on any atom is -0.462 e. The Bertz CT molecular complexity index is 344. The molecule has 0 aliphatic carbocycles. The van der Waals surface area contributed by atoms with Crippen LogP contribution in [0.5, 0.6) is 0 Å². The predicted octanol–water partition coefficient (Wildman–Crippen LogP) is 2.98. The Kier molecular flexibility index (Phi) is 5.84. The Morgan fingerprint density at radius 2 is 1.80 bits per heavy atom. The minimum absolute atomic E-state index is 0.0758. The third-order valence-electron chi connectivity index (χ3n) is 3.67. The molecule has 116 valence electrons. The van der Waals surface area contributed by atoms with Crippen LogP contribution in [0, 0.1) is 5.92 Å². The van der Waals surface area contributed by atoms with Crippen LogP contribution in [0.4, 0.5) is 4.79 Å². The molecule has 20 heavy (non-hydrogen) atoms. The zero-order valence-electron chi connectivity index (χ0n) is 13.3. The highest BCUT2D eigenvalue weighted by Gasteiger charge is 2.29. The third kappa shape index (κ3) is 5.02. The molecule has 1 rings (SSSR count). The second-order valence-electron chi connectivity index (χ2n) is 6.26. The Labute approximate surface area is 121 Å². The Hall–Kier alpha value is -1.26. The molecule has 1 aliphatic heterocycles. The molecule has 0 bridgehead atoms. The van der Waals surface area contributed by atoms with Crippen molar-refractivity contribution in [3.8, 4) is 0 Å². The summed E-state index contributed by atoms with van der Waals surface area (Å²) in [5.74, 6) is -0.276. The number of piperidine rings is 1. The molecule has 0 unspecified atom stereocenters. The van der Waals surface area contributed by atoms with Crippen molar-refractivity contribution in [3.63, 3.8) is 0 Å². The van der Waals surface area contributed by atoms with Crippen molar-refractivity contribution in [3.05, 3.63) is 0 Å². The van der Waals surface area contributed by atoms with Crippen molar-refractivity contribution >= 4 is 12.1 Å². The van der Waals surface area contributed by atoms with Gasteiger partial charge < -0.3 is 14.4 Å². The lowest BCUT2D eigenvalue weighted by Crippen LogP contribution is -2.44. The zero-order chi connectivity index (χ0) is 15.3. The number of rotatable bonds is 4. The first-order valence-electron chi connectivity index (χ1n) is 7.43. The van der Waals surface area contributed by atoms with Crippen molar-refractivity contribution in [1.29, 1.82) is 0 Å². The first kappa shape index (κ1) is 16.8. The van der Waals surface area contributed by atoms with E-state index in [1.807, 2.05) is 34.6 Å². The highest BCUT2D eigenvalue weighted by atomic mass is 16.6. The van der Waals surface area contributed by atoms with Crippen molar-refractivity contribution in [2.24, 2.45) is 5.92 Å². The van der Waals surface area contributed by atoms with Gasteiger partial charge in [0.05, 0.1) is 5.92 Å². The van der Waals surface area contributed by atoms with Crippen molar-refractivity contribution in [2.75, 3.05) is 13.1 Å². The summed E-state index contributed by atoms with van der Waals surface area (Å²) in [4.78, 5) is 25.2. The topological polar surface area (TPSA) is 55.8 Å². The SMILES string of the molecule is CCC(C)(C)OC(=O)N1CCC(OC(=O)C(C)C)CC1. The van der Waals surface area contributed by atoms with E-state index < -0.39 is 5.60 Å². The highest BCUT2D eigenvalue weighted by molar-refractivity contribution is 5.71. The lowest BCUT2D eigenvalue weighted by atomic mass is 10.1. The van der Waals surface area contributed by atoms with Gasteiger partial charge in [-0.05, 0) is 20.3 Å². The van der Waals surface area contributed by atoms with E-state index in [0.717, 1.165) is 6.42 Å². The van der Waals surface area contributed by atoms with Gasteiger partial charge in [0.15, 0.2) is 0 Å². The molecule has 0 spiro atoms. The maximum absolute atomic E-state index is 12.0. The predicted molar refractivity (Wildman–Crippen MR) is 76.4 cm³/mol.